The number of aromatic nitrogens is 4. The molecule has 1 N–H and O–H groups in total. The van der Waals surface area contributed by atoms with Crippen molar-refractivity contribution in [1.29, 1.82) is 0 Å². The fourth-order valence-corrected chi connectivity index (χ4v) is 4.92. The van der Waals surface area contributed by atoms with Crippen molar-refractivity contribution in [3.63, 3.8) is 0 Å². The van der Waals surface area contributed by atoms with Crippen molar-refractivity contribution < 1.29 is 18.6 Å². The van der Waals surface area contributed by atoms with Gasteiger partial charge < -0.3 is 9.84 Å². The molecule has 3 heterocycles. The molecule has 12 heteroatoms. The number of benzene rings is 1. The predicted molar refractivity (Wildman–Crippen MR) is 113 cm³/mol. The van der Waals surface area contributed by atoms with Crippen molar-refractivity contribution in [1.82, 2.24) is 19.3 Å². The summed E-state index contributed by atoms with van der Waals surface area (Å²) in [5, 5.41) is 17.4. The Morgan fingerprint density at radius 1 is 1.13 bits per heavy atom. The number of methoxy groups -OCH3 is 1. The molecule has 0 fully saturated rings. The second-order valence-corrected chi connectivity index (χ2v) is 8.65. The summed E-state index contributed by atoms with van der Waals surface area (Å²) in [6.07, 6.45) is 0. The largest absolute Gasteiger partial charge is 0.480 e. The lowest BCUT2D eigenvalue weighted by Gasteiger charge is -2.13. The topological polar surface area (TPSA) is 99.2 Å². The van der Waals surface area contributed by atoms with Crippen molar-refractivity contribution in [3.05, 3.63) is 77.7 Å². The molecular weight excluding hydrogens is 498 g/mol. The average Bonchev–Trinajstić information content (AvgIpc) is 3.09. The lowest BCUT2D eigenvalue weighted by Crippen LogP contribution is -2.39. The van der Waals surface area contributed by atoms with Gasteiger partial charge in [-0.2, -0.15) is 0 Å². The number of thiophene rings is 1. The first-order chi connectivity index (χ1) is 14.9. The first-order valence-corrected chi connectivity index (χ1v) is 10.4. The van der Waals surface area contributed by atoms with Gasteiger partial charge >= 0.3 is 5.69 Å². The van der Waals surface area contributed by atoms with Crippen LogP contribution in [0.5, 0.6) is 5.88 Å². The summed E-state index contributed by atoms with van der Waals surface area (Å²) in [4.78, 5) is 26.7. The number of aliphatic hydroxyl groups excluding tert-OH is 1. The Balaban J connectivity index is 2.07. The van der Waals surface area contributed by atoms with Gasteiger partial charge in [-0.15, -0.1) is 21.5 Å². The highest BCUT2D eigenvalue weighted by Gasteiger charge is 2.23. The summed E-state index contributed by atoms with van der Waals surface area (Å²) in [5.74, 6) is -1.60. The Labute approximate surface area is 185 Å². The van der Waals surface area contributed by atoms with Crippen LogP contribution in [0.1, 0.15) is 11.1 Å². The normalized spacial score (nSPS) is 11.3. The number of hydrogen-bond acceptors (Lipinski definition) is 7. The Bertz CT molecular complexity index is 1400. The summed E-state index contributed by atoms with van der Waals surface area (Å²) in [7, 11) is 1.38. The van der Waals surface area contributed by atoms with Gasteiger partial charge in [-0.25, -0.2) is 18.1 Å². The first kappa shape index (κ1) is 21.3. The van der Waals surface area contributed by atoms with E-state index in [1.54, 1.807) is 0 Å². The molecule has 0 aliphatic rings. The Kier molecular flexibility index (Phi) is 5.69. The van der Waals surface area contributed by atoms with E-state index in [1.807, 2.05) is 0 Å². The number of aliphatic hydroxyl groups is 1. The van der Waals surface area contributed by atoms with E-state index in [1.165, 1.54) is 25.3 Å². The number of rotatable bonds is 5. The van der Waals surface area contributed by atoms with E-state index in [9.17, 15) is 23.5 Å². The highest BCUT2D eigenvalue weighted by molar-refractivity contribution is 9.11. The summed E-state index contributed by atoms with van der Waals surface area (Å²) < 4.78 is 35.8. The van der Waals surface area contributed by atoms with Crippen molar-refractivity contribution in [2.24, 2.45) is 0 Å². The van der Waals surface area contributed by atoms with Crippen LogP contribution in [0.25, 0.3) is 16.0 Å². The van der Waals surface area contributed by atoms with Gasteiger partial charge in [0, 0.05) is 17.2 Å². The van der Waals surface area contributed by atoms with Gasteiger partial charge in [0.2, 0.25) is 5.88 Å². The molecule has 0 saturated carbocycles. The second-order valence-electron chi connectivity index (χ2n) is 6.34. The van der Waals surface area contributed by atoms with Crippen molar-refractivity contribution in [2.45, 2.75) is 13.2 Å². The quantitative estimate of drug-likeness (QED) is 0.443. The average molecular weight is 511 g/mol. The standard InChI is InChI=1S/C19H13BrF2N4O4S/c1-30-14-6-5-13(23-24-14)26-17(28)15-10(8-27)16(20)31-18(15)25(19(26)29)7-9-11(21)3-2-4-12(9)22/h2-6,27H,7-8H2,1H3. The lowest BCUT2D eigenvalue weighted by atomic mass is 10.2. The van der Waals surface area contributed by atoms with Gasteiger partial charge in [0.1, 0.15) is 16.5 Å². The maximum atomic E-state index is 14.3. The molecule has 0 amide bonds. The van der Waals surface area contributed by atoms with Gasteiger partial charge in [-0.1, -0.05) is 6.07 Å². The summed E-state index contributed by atoms with van der Waals surface area (Å²) in [6, 6.07) is 6.14. The summed E-state index contributed by atoms with van der Waals surface area (Å²) >= 11 is 4.28. The van der Waals surface area contributed by atoms with Crippen LogP contribution in [0.4, 0.5) is 8.78 Å². The fraction of sp³-hybridized carbons (Fsp3) is 0.158. The summed E-state index contributed by atoms with van der Waals surface area (Å²) in [6.45, 7) is -0.966. The zero-order valence-electron chi connectivity index (χ0n) is 15.8. The second kappa shape index (κ2) is 8.29. The van der Waals surface area contributed by atoms with Crippen LogP contribution in [-0.4, -0.2) is 31.5 Å². The number of hydrogen-bond donors (Lipinski definition) is 1. The SMILES string of the molecule is COc1ccc(-n2c(=O)c3c(CO)c(Br)sc3n(Cc3c(F)cccc3F)c2=O)nn1. The van der Waals surface area contributed by atoms with Crippen LogP contribution in [0.15, 0.2) is 43.7 Å². The summed E-state index contributed by atoms with van der Waals surface area (Å²) in [5.41, 5.74) is -1.69. The number of halogens is 3. The van der Waals surface area contributed by atoms with E-state index in [-0.39, 0.29) is 33.0 Å². The highest BCUT2D eigenvalue weighted by Crippen LogP contribution is 2.33. The maximum Gasteiger partial charge on any atom is 0.338 e. The molecular formula is C19H13BrF2N4O4S. The molecule has 0 radical (unpaired) electrons. The highest BCUT2D eigenvalue weighted by atomic mass is 79.9. The third-order valence-corrected chi connectivity index (χ3v) is 6.63. The third-order valence-electron chi connectivity index (χ3n) is 4.62. The third kappa shape index (κ3) is 3.56. The minimum Gasteiger partial charge on any atom is -0.480 e. The van der Waals surface area contributed by atoms with E-state index >= 15 is 0 Å². The van der Waals surface area contributed by atoms with Crippen LogP contribution in [0.3, 0.4) is 0 Å². The van der Waals surface area contributed by atoms with Crippen molar-refractivity contribution >= 4 is 37.5 Å². The number of nitrogens with zero attached hydrogens (tertiary/aromatic N) is 4. The molecule has 0 atom stereocenters. The Hall–Kier alpha value is -2.96. The van der Waals surface area contributed by atoms with Gasteiger partial charge in [0.25, 0.3) is 5.56 Å². The molecule has 4 aromatic rings. The number of ether oxygens (including phenoxy) is 1. The molecule has 0 unspecified atom stereocenters. The monoisotopic (exact) mass is 510 g/mol. The lowest BCUT2D eigenvalue weighted by molar-refractivity contribution is 0.283. The first-order valence-electron chi connectivity index (χ1n) is 8.76. The molecule has 1 aromatic carbocycles. The van der Waals surface area contributed by atoms with E-state index in [4.69, 9.17) is 4.74 Å². The van der Waals surface area contributed by atoms with Gasteiger partial charge in [0.15, 0.2) is 5.82 Å². The minimum atomic E-state index is -0.863. The Morgan fingerprint density at radius 2 is 1.84 bits per heavy atom. The molecule has 0 spiro atoms. The van der Waals surface area contributed by atoms with Crippen LogP contribution >= 0.6 is 27.3 Å². The van der Waals surface area contributed by atoms with E-state index in [0.29, 0.717) is 3.79 Å². The van der Waals surface area contributed by atoms with Gasteiger partial charge in [-0.05, 0) is 34.1 Å². The van der Waals surface area contributed by atoms with Crippen LogP contribution < -0.4 is 16.0 Å². The van der Waals surface area contributed by atoms with Gasteiger partial charge in [0.05, 0.1) is 29.4 Å². The fourth-order valence-electron chi connectivity index (χ4n) is 3.11. The molecule has 0 saturated heterocycles. The zero-order valence-corrected chi connectivity index (χ0v) is 18.2. The molecule has 31 heavy (non-hydrogen) atoms. The Morgan fingerprint density at radius 3 is 2.42 bits per heavy atom. The van der Waals surface area contributed by atoms with E-state index < -0.39 is 36.0 Å². The van der Waals surface area contributed by atoms with Crippen LogP contribution in [0.2, 0.25) is 0 Å². The van der Waals surface area contributed by atoms with Crippen molar-refractivity contribution in [2.75, 3.05) is 7.11 Å². The van der Waals surface area contributed by atoms with E-state index in [0.717, 1.165) is 32.6 Å². The number of fused-ring (bicyclic) bond motifs is 1. The zero-order chi connectivity index (χ0) is 22.3. The molecule has 0 aliphatic heterocycles. The molecule has 0 aliphatic carbocycles. The van der Waals surface area contributed by atoms with Crippen LogP contribution in [-0.2, 0) is 13.2 Å². The maximum absolute atomic E-state index is 14.3. The van der Waals surface area contributed by atoms with Gasteiger partial charge in [-0.3, -0.25) is 9.36 Å². The molecule has 0 bridgehead atoms. The van der Waals surface area contributed by atoms with E-state index in [2.05, 4.69) is 26.1 Å². The smallest absolute Gasteiger partial charge is 0.338 e. The molecule has 8 nitrogen and oxygen atoms in total. The molecule has 4 rings (SSSR count). The molecule has 160 valence electrons. The van der Waals surface area contributed by atoms with Crippen molar-refractivity contribution in [3.8, 4) is 11.7 Å². The molecule has 3 aromatic heterocycles. The minimum absolute atomic E-state index is 0.0355. The predicted octanol–water partition coefficient (Wildman–Crippen LogP) is 2.59. The van der Waals surface area contributed by atoms with Crippen LogP contribution in [0, 0.1) is 11.6 Å².